The Kier molecular flexibility index (Phi) is 5.79. The zero-order valence-corrected chi connectivity index (χ0v) is 15.2. The maximum Gasteiger partial charge on any atom is 0.191 e. The van der Waals surface area contributed by atoms with E-state index in [1.54, 1.807) is 24.7 Å². The normalized spacial score (nSPS) is 12.8. The van der Waals surface area contributed by atoms with Gasteiger partial charge >= 0.3 is 0 Å². The van der Waals surface area contributed by atoms with Gasteiger partial charge in [0.15, 0.2) is 11.8 Å². The zero-order chi connectivity index (χ0) is 17.5. The second-order valence-electron chi connectivity index (χ2n) is 5.72. The van der Waals surface area contributed by atoms with Crippen LogP contribution in [-0.2, 0) is 6.54 Å². The lowest BCUT2D eigenvalue weighted by Crippen LogP contribution is -2.39. The highest BCUT2D eigenvalue weighted by Gasteiger charge is 2.09. The summed E-state index contributed by atoms with van der Waals surface area (Å²) in [6, 6.07) is 12.2. The lowest BCUT2D eigenvalue weighted by Gasteiger charge is -2.15. The van der Waals surface area contributed by atoms with E-state index in [4.69, 9.17) is 0 Å². The smallest absolute Gasteiger partial charge is 0.191 e. The molecule has 3 rings (SSSR count). The van der Waals surface area contributed by atoms with Gasteiger partial charge in [0.2, 0.25) is 0 Å². The molecule has 25 heavy (non-hydrogen) atoms. The average Bonchev–Trinajstić information content (AvgIpc) is 3.34. The number of benzene rings is 1. The Bertz CT molecular complexity index is 794. The van der Waals surface area contributed by atoms with E-state index in [0.717, 1.165) is 24.0 Å². The molecule has 0 amide bonds. The van der Waals surface area contributed by atoms with Crippen molar-refractivity contribution in [2.24, 2.45) is 4.99 Å². The van der Waals surface area contributed by atoms with Gasteiger partial charge in [0.05, 0.1) is 6.54 Å². The molecule has 0 radical (unpaired) electrons. The average molecular weight is 354 g/mol. The van der Waals surface area contributed by atoms with Crippen LogP contribution >= 0.6 is 11.3 Å². The largest absolute Gasteiger partial charge is 0.356 e. The highest BCUT2D eigenvalue weighted by atomic mass is 32.1. The summed E-state index contributed by atoms with van der Waals surface area (Å²) < 4.78 is 1.97. The predicted molar refractivity (Wildman–Crippen MR) is 102 cm³/mol. The van der Waals surface area contributed by atoms with Crippen molar-refractivity contribution in [3.63, 3.8) is 0 Å². The highest BCUT2D eigenvalue weighted by molar-refractivity contribution is 7.07. The van der Waals surface area contributed by atoms with Crippen LogP contribution in [-0.4, -0.2) is 34.3 Å². The second-order valence-corrected chi connectivity index (χ2v) is 6.50. The summed E-state index contributed by atoms with van der Waals surface area (Å²) in [5.74, 6) is 2.02. The molecule has 130 valence electrons. The van der Waals surface area contributed by atoms with Gasteiger partial charge in [0.1, 0.15) is 6.33 Å². The van der Waals surface area contributed by atoms with Gasteiger partial charge in [0.25, 0.3) is 0 Å². The first-order valence-electron chi connectivity index (χ1n) is 8.19. The molecule has 2 aromatic heterocycles. The molecular weight excluding hydrogens is 332 g/mol. The Morgan fingerprint density at radius 1 is 1.24 bits per heavy atom. The quantitative estimate of drug-likeness (QED) is 0.528. The van der Waals surface area contributed by atoms with Gasteiger partial charge in [-0.3, -0.25) is 9.56 Å². The van der Waals surface area contributed by atoms with Crippen LogP contribution in [0.3, 0.4) is 0 Å². The number of thiophene rings is 1. The molecule has 0 saturated heterocycles. The van der Waals surface area contributed by atoms with Gasteiger partial charge in [-0.25, -0.2) is 0 Å². The van der Waals surface area contributed by atoms with Gasteiger partial charge in [-0.05, 0) is 40.4 Å². The molecule has 0 saturated carbocycles. The van der Waals surface area contributed by atoms with Crippen molar-refractivity contribution in [2.45, 2.75) is 19.4 Å². The number of aromatic nitrogens is 3. The van der Waals surface area contributed by atoms with Gasteiger partial charge < -0.3 is 10.6 Å². The number of nitrogens with one attached hydrogen (secondary N) is 2. The van der Waals surface area contributed by atoms with Gasteiger partial charge in [0, 0.05) is 19.3 Å². The first-order valence-corrected chi connectivity index (χ1v) is 9.13. The lowest BCUT2D eigenvalue weighted by atomic mass is 10.1. The topological polar surface area (TPSA) is 67.1 Å². The summed E-state index contributed by atoms with van der Waals surface area (Å²) in [6.45, 7) is 3.57. The van der Waals surface area contributed by atoms with E-state index in [0.29, 0.717) is 12.5 Å². The summed E-state index contributed by atoms with van der Waals surface area (Å²) in [6.07, 6.45) is 1.72. The lowest BCUT2D eigenvalue weighted by molar-refractivity contribution is 0.692. The molecule has 2 N–H and O–H groups in total. The molecule has 1 aromatic carbocycles. The van der Waals surface area contributed by atoms with E-state index in [9.17, 15) is 0 Å². The second kappa shape index (κ2) is 8.43. The molecule has 1 atom stereocenters. The highest BCUT2D eigenvalue weighted by Crippen LogP contribution is 2.17. The third kappa shape index (κ3) is 4.45. The monoisotopic (exact) mass is 354 g/mol. The SMILES string of the molecule is CN=C(NCc1nncn1-c1ccccc1)NCC(C)c1ccsc1. The van der Waals surface area contributed by atoms with Crippen molar-refractivity contribution >= 4 is 17.3 Å². The minimum atomic E-state index is 0.428. The summed E-state index contributed by atoms with van der Waals surface area (Å²) in [5, 5.41) is 19.2. The first-order chi connectivity index (χ1) is 12.3. The van der Waals surface area contributed by atoms with Crippen LogP contribution in [0.4, 0.5) is 0 Å². The zero-order valence-electron chi connectivity index (χ0n) is 14.4. The Morgan fingerprint density at radius 2 is 2.08 bits per heavy atom. The van der Waals surface area contributed by atoms with Crippen LogP contribution in [0.5, 0.6) is 0 Å². The van der Waals surface area contributed by atoms with E-state index in [2.05, 4.69) is 49.6 Å². The van der Waals surface area contributed by atoms with E-state index < -0.39 is 0 Å². The number of rotatable bonds is 6. The fourth-order valence-corrected chi connectivity index (χ4v) is 3.27. The first kappa shape index (κ1) is 17.2. The third-order valence-corrected chi connectivity index (χ3v) is 4.68. The fourth-order valence-electron chi connectivity index (χ4n) is 2.49. The maximum atomic E-state index is 4.28. The minimum Gasteiger partial charge on any atom is -0.356 e. The Morgan fingerprint density at radius 3 is 2.80 bits per heavy atom. The number of hydrogen-bond acceptors (Lipinski definition) is 4. The van der Waals surface area contributed by atoms with Crippen LogP contribution in [0, 0.1) is 0 Å². The van der Waals surface area contributed by atoms with Crippen LogP contribution in [0.1, 0.15) is 24.2 Å². The van der Waals surface area contributed by atoms with E-state index in [1.807, 2.05) is 34.9 Å². The summed E-state index contributed by atoms with van der Waals surface area (Å²) in [7, 11) is 1.77. The van der Waals surface area contributed by atoms with Crippen LogP contribution in [0.25, 0.3) is 5.69 Å². The number of hydrogen-bond donors (Lipinski definition) is 2. The summed E-state index contributed by atoms with van der Waals surface area (Å²) in [5.41, 5.74) is 2.38. The molecule has 6 nitrogen and oxygen atoms in total. The fraction of sp³-hybridized carbons (Fsp3) is 0.278. The van der Waals surface area contributed by atoms with Crippen molar-refractivity contribution in [1.29, 1.82) is 0 Å². The maximum absolute atomic E-state index is 4.28. The van der Waals surface area contributed by atoms with Crippen molar-refractivity contribution in [3.05, 3.63) is 64.9 Å². The van der Waals surface area contributed by atoms with Crippen molar-refractivity contribution in [1.82, 2.24) is 25.4 Å². The Balaban J connectivity index is 1.56. The standard InChI is InChI=1S/C18H22N6S/c1-14(15-8-9-25-12-15)10-20-18(19-2)21-11-17-23-22-13-24(17)16-6-4-3-5-7-16/h3-9,12-14H,10-11H2,1-2H3,(H2,19,20,21). The number of nitrogens with zero attached hydrogens (tertiary/aromatic N) is 4. The van der Waals surface area contributed by atoms with Crippen LogP contribution in [0.2, 0.25) is 0 Å². The Labute approximate surface area is 151 Å². The molecule has 2 heterocycles. The van der Waals surface area contributed by atoms with Gasteiger partial charge in [-0.2, -0.15) is 11.3 Å². The molecule has 7 heteroatoms. The van der Waals surface area contributed by atoms with Crippen LogP contribution in [0.15, 0.2) is 58.5 Å². The number of aliphatic imine (C=N–C) groups is 1. The molecule has 0 fully saturated rings. The summed E-state index contributed by atoms with van der Waals surface area (Å²) in [4.78, 5) is 4.28. The van der Waals surface area contributed by atoms with Gasteiger partial charge in [-0.1, -0.05) is 25.1 Å². The molecule has 0 aliphatic heterocycles. The molecular formula is C18H22N6S. The third-order valence-electron chi connectivity index (χ3n) is 3.98. The van der Waals surface area contributed by atoms with Crippen molar-refractivity contribution in [3.8, 4) is 5.69 Å². The minimum absolute atomic E-state index is 0.428. The molecule has 0 aliphatic carbocycles. The molecule has 3 aromatic rings. The van der Waals surface area contributed by atoms with E-state index in [-0.39, 0.29) is 0 Å². The van der Waals surface area contributed by atoms with Crippen molar-refractivity contribution in [2.75, 3.05) is 13.6 Å². The molecule has 0 aliphatic rings. The predicted octanol–water partition coefficient (Wildman–Crippen LogP) is 2.80. The molecule has 0 spiro atoms. The van der Waals surface area contributed by atoms with Gasteiger partial charge in [-0.15, -0.1) is 10.2 Å². The van der Waals surface area contributed by atoms with E-state index in [1.165, 1.54) is 5.56 Å². The van der Waals surface area contributed by atoms with E-state index >= 15 is 0 Å². The molecule has 0 bridgehead atoms. The van der Waals surface area contributed by atoms with Crippen LogP contribution < -0.4 is 10.6 Å². The Hall–Kier alpha value is -2.67. The molecule has 1 unspecified atom stereocenters. The summed E-state index contributed by atoms with van der Waals surface area (Å²) >= 11 is 1.72. The van der Waals surface area contributed by atoms with Crippen molar-refractivity contribution < 1.29 is 0 Å². The number of para-hydroxylation sites is 1. The number of guanidine groups is 1.